The molecule has 0 bridgehead atoms. The Labute approximate surface area is 95.1 Å². The Kier molecular flexibility index (Phi) is 2.56. The number of nitrogens with one attached hydrogen (secondary N) is 1. The molecule has 0 saturated carbocycles. The molecule has 16 heavy (non-hydrogen) atoms. The number of anilines is 3. The van der Waals surface area contributed by atoms with Gasteiger partial charge in [-0.25, -0.2) is 0 Å². The first kappa shape index (κ1) is 10.5. The van der Waals surface area contributed by atoms with Gasteiger partial charge in [-0.3, -0.25) is 4.68 Å². The predicted octanol–water partition coefficient (Wildman–Crippen LogP) is 2.36. The number of hydrogen-bond acceptors (Lipinski definition) is 3. The van der Waals surface area contributed by atoms with Crippen LogP contribution in [0.1, 0.15) is 11.3 Å². The lowest BCUT2D eigenvalue weighted by atomic mass is 10.1. The zero-order valence-corrected chi connectivity index (χ0v) is 9.78. The first-order valence-electron chi connectivity index (χ1n) is 5.19. The molecule has 1 heterocycles. The summed E-state index contributed by atoms with van der Waals surface area (Å²) in [6.07, 6.45) is 1.96. The van der Waals surface area contributed by atoms with E-state index in [1.807, 2.05) is 45.3 Å². The smallest absolute Gasteiger partial charge is 0.0828 e. The maximum atomic E-state index is 5.71. The van der Waals surface area contributed by atoms with Crippen LogP contribution in [0.3, 0.4) is 0 Å². The van der Waals surface area contributed by atoms with Crippen LogP contribution in [0, 0.1) is 13.8 Å². The summed E-state index contributed by atoms with van der Waals surface area (Å²) in [4.78, 5) is 0. The van der Waals surface area contributed by atoms with Crippen LogP contribution >= 0.6 is 0 Å². The topological polar surface area (TPSA) is 55.9 Å². The van der Waals surface area contributed by atoms with Gasteiger partial charge in [0.2, 0.25) is 0 Å². The zero-order valence-electron chi connectivity index (χ0n) is 9.78. The molecule has 0 fully saturated rings. The van der Waals surface area contributed by atoms with Gasteiger partial charge < -0.3 is 11.1 Å². The van der Waals surface area contributed by atoms with Gasteiger partial charge in [0.05, 0.1) is 11.4 Å². The van der Waals surface area contributed by atoms with E-state index in [-0.39, 0.29) is 0 Å². The van der Waals surface area contributed by atoms with E-state index in [0.29, 0.717) is 0 Å². The summed E-state index contributed by atoms with van der Waals surface area (Å²) in [6.45, 7) is 4.01. The summed E-state index contributed by atoms with van der Waals surface area (Å²) >= 11 is 0. The Hall–Kier alpha value is -1.97. The SMILES string of the molecule is Cc1cc(N)ccc1Nc1cn(C)nc1C. The third-order valence-corrected chi connectivity index (χ3v) is 2.53. The molecule has 0 unspecified atom stereocenters. The van der Waals surface area contributed by atoms with Crippen LogP contribution < -0.4 is 11.1 Å². The summed E-state index contributed by atoms with van der Waals surface area (Å²) in [5, 5.41) is 7.63. The molecule has 3 N–H and O–H groups in total. The van der Waals surface area contributed by atoms with E-state index in [1.54, 1.807) is 4.68 Å². The molecule has 4 heteroatoms. The van der Waals surface area contributed by atoms with E-state index in [4.69, 9.17) is 5.73 Å². The first-order valence-corrected chi connectivity index (χ1v) is 5.19. The largest absolute Gasteiger partial charge is 0.399 e. The molecule has 1 aromatic heterocycles. The summed E-state index contributed by atoms with van der Waals surface area (Å²) in [7, 11) is 1.91. The monoisotopic (exact) mass is 216 g/mol. The maximum absolute atomic E-state index is 5.71. The van der Waals surface area contributed by atoms with E-state index >= 15 is 0 Å². The van der Waals surface area contributed by atoms with Crippen molar-refractivity contribution >= 4 is 17.1 Å². The maximum Gasteiger partial charge on any atom is 0.0828 e. The molecule has 0 aliphatic rings. The van der Waals surface area contributed by atoms with Gasteiger partial charge in [0.15, 0.2) is 0 Å². The van der Waals surface area contributed by atoms with Crippen molar-refractivity contribution in [2.75, 3.05) is 11.1 Å². The van der Waals surface area contributed by atoms with Crippen LogP contribution in [-0.2, 0) is 7.05 Å². The molecule has 4 nitrogen and oxygen atoms in total. The highest BCUT2D eigenvalue weighted by atomic mass is 15.3. The minimum Gasteiger partial charge on any atom is -0.399 e. The number of hydrogen-bond donors (Lipinski definition) is 2. The Balaban J connectivity index is 2.30. The lowest BCUT2D eigenvalue weighted by Gasteiger charge is -2.08. The van der Waals surface area contributed by atoms with Gasteiger partial charge in [-0.1, -0.05) is 0 Å². The fourth-order valence-electron chi connectivity index (χ4n) is 1.69. The lowest BCUT2D eigenvalue weighted by molar-refractivity contribution is 0.756. The highest BCUT2D eigenvalue weighted by molar-refractivity contribution is 5.66. The van der Waals surface area contributed by atoms with E-state index < -0.39 is 0 Å². The summed E-state index contributed by atoms with van der Waals surface area (Å²) < 4.78 is 1.80. The normalized spacial score (nSPS) is 10.4. The number of aromatic nitrogens is 2. The molecule has 0 aliphatic heterocycles. The molecule has 0 amide bonds. The van der Waals surface area contributed by atoms with Crippen LogP contribution in [0.2, 0.25) is 0 Å². The molecule has 1 aromatic carbocycles. The Morgan fingerprint density at radius 1 is 1.25 bits per heavy atom. The fourth-order valence-corrected chi connectivity index (χ4v) is 1.69. The zero-order chi connectivity index (χ0) is 11.7. The van der Waals surface area contributed by atoms with E-state index in [9.17, 15) is 0 Å². The minimum absolute atomic E-state index is 0.783. The van der Waals surface area contributed by atoms with Gasteiger partial charge in [0.25, 0.3) is 0 Å². The van der Waals surface area contributed by atoms with E-state index in [0.717, 1.165) is 28.3 Å². The van der Waals surface area contributed by atoms with Crippen molar-refractivity contribution in [3.8, 4) is 0 Å². The van der Waals surface area contributed by atoms with Crippen molar-refractivity contribution in [1.82, 2.24) is 9.78 Å². The van der Waals surface area contributed by atoms with Crippen LogP contribution in [0.4, 0.5) is 17.1 Å². The van der Waals surface area contributed by atoms with E-state index in [1.165, 1.54) is 0 Å². The molecule has 84 valence electrons. The van der Waals surface area contributed by atoms with Gasteiger partial charge in [-0.05, 0) is 37.6 Å². The second-order valence-corrected chi connectivity index (χ2v) is 4.00. The third-order valence-electron chi connectivity index (χ3n) is 2.53. The van der Waals surface area contributed by atoms with Gasteiger partial charge >= 0.3 is 0 Å². The highest BCUT2D eigenvalue weighted by Crippen LogP contribution is 2.23. The quantitative estimate of drug-likeness (QED) is 0.758. The second kappa shape index (κ2) is 3.89. The molecule has 2 rings (SSSR count). The average Bonchev–Trinajstić information content (AvgIpc) is 2.50. The fraction of sp³-hybridized carbons (Fsp3) is 0.250. The van der Waals surface area contributed by atoms with Crippen molar-refractivity contribution in [3.05, 3.63) is 35.7 Å². The summed E-state index contributed by atoms with van der Waals surface area (Å²) in [5.41, 5.74) is 10.7. The number of nitrogen functional groups attached to an aromatic ring is 1. The van der Waals surface area contributed by atoms with Gasteiger partial charge in [-0.2, -0.15) is 5.10 Å². The van der Waals surface area contributed by atoms with Crippen molar-refractivity contribution in [2.24, 2.45) is 7.05 Å². The van der Waals surface area contributed by atoms with Crippen molar-refractivity contribution < 1.29 is 0 Å². The molecule has 0 radical (unpaired) electrons. The molecule has 0 atom stereocenters. The summed E-state index contributed by atoms with van der Waals surface area (Å²) in [6, 6.07) is 5.83. The van der Waals surface area contributed by atoms with Crippen LogP contribution in [-0.4, -0.2) is 9.78 Å². The van der Waals surface area contributed by atoms with Gasteiger partial charge in [0, 0.05) is 24.6 Å². The standard InChI is InChI=1S/C12H16N4/c1-8-6-10(13)4-5-11(8)14-12-7-16(3)15-9(12)2/h4-7,14H,13H2,1-3H3. The van der Waals surface area contributed by atoms with Crippen molar-refractivity contribution in [2.45, 2.75) is 13.8 Å². The number of nitrogens with zero attached hydrogens (tertiary/aromatic N) is 2. The number of aryl methyl sites for hydroxylation is 3. The molecular weight excluding hydrogens is 200 g/mol. The number of rotatable bonds is 2. The first-order chi connectivity index (χ1) is 7.56. The van der Waals surface area contributed by atoms with Gasteiger partial charge in [-0.15, -0.1) is 0 Å². The molecule has 0 spiro atoms. The Bertz CT molecular complexity index is 514. The molecule has 0 aliphatic carbocycles. The molecule has 2 aromatic rings. The number of benzene rings is 1. The van der Waals surface area contributed by atoms with Crippen LogP contribution in [0.5, 0.6) is 0 Å². The van der Waals surface area contributed by atoms with Crippen molar-refractivity contribution in [1.29, 1.82) is 0 Å². The Morgan fingerprint density at radius 3 is 2.56 bits per heavy atom. The minimum atomic E-state index is 0.783. The van der Waals surface area contributed by atoms with Crippen molar-refractivity contribution in [3.63, 3.8) is 0 Å². The molecule has 0 saturated heterocycles. The van der Waals surface area contributed by atoms with Crippen LogP contribution in [0.25, 0.3) is 0 Å². The Morgan fingerprint density at radius 2 is 2.00 bits per heavy atom. The molecular formula is C12H16N4. The van der Waals surface area contributed by atoms with Crippen LogP contribution in [0.15, 0.2) is 24.4 Å². The van der Waals surface area contributed by atoms with E-state index in [2.05, 4.69) is 10.4 Å². The second-order valence-electron chi connectivity index (χ2n) is 4.00. The predicted molar refractivity (Wildman–Crippen MR) is 66.8 cm³/mol. The van der Waals surface area contributed by atoms with Gasteiger partial charge in [0.1, 0.15) is 0 Å². The highest BCUT2D eigenvalue weighted by Gasteiger charge is 2.04. The number of nitrogens with two attached hydrogens (primary N) is 1. The summed E-state index contributed by atoms with van der Waals surface area (Å²) in [5.74, 6) is 0. The third kappa shape index (κ3) is 2.00. The lowest BCUT2D eigenvalue weighted by Crippen LogP contribution is -1.95. The average molecular weight is 216 g/mol.